The fourth-order valence-electron chi connectivity index (χ4n) is 1.04. The Morgan fingerprint density at radius 1 is 1.44 bits per heavy atom. The number of ether oxygens (including phenoxy) is 1. The Hall–Kier alpha value is -1.24. The molecule has 0 radical (unpaired) electrons. The van der Waals surface area contributed by atoms with Crippen molar-refractivity contribution in [2.45, 2.75) is 12.8 Å². The molecule has 7 heteroatoms. The van der Waals surface area contributed by atoms with Crippen LogP contribution in [-0.2, 0) is 11.2 Å². The number of rotatable bonds is 3. The second-order valence-corrected chi connectivity index (χ2v) is 3.74. The van der Waals surface area contributed by atoms with Crippen molar-refractivity contribution < 1.29 is 27.8 Å². The van der Waals surface area contributed by atoms with E-state index in [4.69, 9.17) is 5.11 Å². The number of carbonyl (C=O) groups is 1. The van der Waals surface area contributed by atoms with Crippen LogP contribution < -0.4 is 4.74 Å². The molecule has 16 heavy (non-hydrogen) atoms. The predicted molar refractivity (Wildman–Crippen MR) is 52.2 cm³/mol. The summed E-state index contributed by atoms with van der Waals surface area (Å²) in [7, 11) is 0. The number of hydrogen-bond donors (Lipinski definition) is 1. The van der Waals surface area contributed by atoms with Crippen molar-refractivity contribution in [3.63, 3.8) is 0 Å². The summed E-state index contributed by atoms with van der Waals surface area (Å²) in [6.07, 6.45) is -5.16. The molecule has 0 aliphatic carbocycles. The smallest absolute Gasteiger partial charge is 0.481 e. The summed E-state index contributed by atoms with van der Waals surface area (Å²) in [6, 6.07) is 3.74. The van der Waals surface area contributed by atoms with Crippen molar-refractivity contribution in [2.75, 3.05) is 0 Å². The van der Waals surface area contributed by atoms with E-state index < -0.39 is 18.1 Å². The average Bonchev–Trinajstić information content (AvgIpc) is 2.07. The molecule has 3 nitrogen and oxygen atoms in total. The van der Waals surface area contributed by atoms with E-state index in [-0.39, 0.29) is 16.5 Å². The van der Waals surface area contributed by atoms with E-state index in [0.717, 1.165) is 6.07 Å². The molecule has 0 amide bonds. The third-order valence-corrected chi connectivity index (χ3v) is 2.23. The average molecular weight is 299 g/mol. The first-order chi connectivity index (χ1) is 7.28. The maximum Gasteiger partial charge on any atom is 0.573 e. The van der Waals surface area contributed by atoms with Gasteiger partial charge in [0.2, 0.25) is 0 Å². The fourth-order valence-corrected chi connectivity index (χ4v) is 1.36. The van der Waals surface area contributed by atoms with Gasteiger partial charge in [-0.1, -0.05) is 6.07 Å². The Balaban J connectivity index is 2.95. The Morgan fingerprint density at radius 2 is 2.06 bits per heavy atom. The SMILES string of the molecule is O=C(O)Cc1ccc(Br)c(OC(F)(F)F)c1. The summed E-state index contributed by atoms with van der Waals surface area (Å²) < 4.78 is 39.7. The molecule has 0 aliphatic rings. The van der Waals surface area contributed by atoms with E-state index in [2.05, 4.69) is 20.7 Å². The normalized spacial score (nSPS) is 11.2. The molecule has 0 saturated heterocycles. The van der Waals surface area contributed by atoms with Gasteiger partial charge in [-0.15, -0.1) is 13.2 Å². The van der Waals surface area contributed by atoms with Crippen LogP contribution in [0.4, 0.5) is 13.2 Å². The highest BCUT2D eigenvalue weighted by molar-refractivity contribution is 9.10. The van der Waals surface area contributed by atoms with Gasteiger partial charge in [-0.25, -0.2) is 0 Å². The Bertz CT molecular complexity index is 403. The fraction of sp³-hybridized carbons (Fsp3) is 0.222. The quantitative estimate of drug-likeness (QED) is 0.933. The Morgan fingerprint density at radius 3 is 2.56 bits per heavy atom. The van der Waals surface area contributed by atoms with Gasteiger partial charge in [0, 0.05) is 0 Å². The minimum Gasteiger partial charge on any atom is -0.481 e. The number of hydrogen-bond acceptors (Lipinski definition) is 2. The van der Waals surface area contributed by atoms with Gasteiger partial charge >= 0.3 is 12.3 Å². The second kappa shape index (κ2) is 4.73. The van der Waals surface area contributed by atoms with Gasteiger partial charge in [-0.05, 0) is 33.6 Å². The van der Waals surface area contributed by atoms with E-state index in [9.17, 15) is 18.0 Å². The Labute approximate surface area is 97.0 Å². The number of carboxylic acids is 1. The molecule has 0 heterocycles. The zero-order chi connectivity index (χ0) is 12.3. The molecular formula is C9H6BrF3O3. The van der Waals surface area contributed by atoms with Crippen LogP contribution in [0.2, 0.25) is 0 Å². The summed E-state index contributed by atoms with van der Waals surface area (Å²) in [5.74, 6) is -1.58. The van der Waals surface area contributed by atoms with E-state index in [1.165, 1.54) is 12.1 Å². The van der Waals surface area contributed by atoms with E-state index >= 15 is 0 Å². The summed E-state index contributed by atoms with van der Waals surface area (Å²) in [5.41, 5.74) is 0.231. The van der Waals surface area contributed by atoms with E-state index in [1.807, 2.05) is 0 Å². The third kappa shape index (κ3) is 4.09. The first-order valence-electron chi connectivity index (χ1n) is 4.04. The van der Waals surface area contributed by atoms with E-state index in [0.29, 0.717) is 0 Å². The minimum atomic E-state index is -4.80. The summed E-state index contributed by atoms with van der Waals surface area (Å²) in [5, 5.41) is 8.48. The number of halogens is 4. The lowest BCUT2D eigenvalue weighted by Gasteiger charge is -2.11. The summed E-state index contributed by atoms with van der Waals surface area (Å²) >= 11 is 2.88. The van der Waals surface area contributed by atoms with Crippen LogP contribution in [0.15, 0.2) is 22.7 Å². The number of benzene rings is 1. The molecule has 0 aliphatic heterocycles. The molecule has 88 valence electrons. The first kappa shape index (κ1) is 12.8. The number of aliphatic carboxylic acids is 1. The van der Waals surface area contributed by atoms with Crippen LogP contribution in [0.5, 0.6) is 5.75 Å². The molecule has 0 unspecified atom stereocenters. The van der Waals surface area contributed by atoms with Gasteiger partial charge in [0.05, 0.1) is 10.9 Å². The topological polar surface area (TPSA) is 46.5 Å². The predicted octanol–water partition coefficient (Wildman–Crippen LogP) is 2.97. The maximum absolute atomic E-state index is 12.0. The second-order valence-electron chi connectivity index (χ2n) is 2.88. The maximum atomic E-state index is 12.0. The molecule has 0 saturated carbocycles. The first-order valence-corrected chi connectivity index (χ1v) is 4.83. The van der Waals surface area contributed by atoms with Gasteiger partial charge in [-0.3, -0.25) is 4.79 Å². The molecule has 0 aromatic heterocycles. The van der Waals surface area contributed by atoms with Crippen LogP contribution in [-0.4, -0.2) is 17.4 Å². The molecule has 0 fully saturated rings. The van der Waals surface area contributed by atoms with Crippen LogP contribution in [0.3, 0.4) is 0 Å². The molecular weight excluding hydrogens is 293 g/mol. The van der Waals surface area contributed by atoms with Crippen molar-refractivity contribution in [1.82, 2.24) is 0 Å². The molecule has 1 rings (SSSR count). The van der Waals surface area contributed by atoms with Crippen LogP contribution in [0, 0.1) is 0 Å². The van der Waals surface area contributed by atoms with Crippen molar-refractivity contribution in [3.8, 4) is 5.75 Å². The molecule has 0 atom stereocenters. The molecule has 1 N–H and O–H groups in total. The molecule has 0 bridgehead atoms. The van der Waals surface area contributed by atoms with Crippen LogP contribution in [0.25, 0.3) is 0 Å². The van der Waals surface area contributed by atoms with Gasteiger partial charge in [0.1, 0.15) is 5.75 Å². The number of carboxylic acid groups (broad SMARTS) is 1. The lowest BCUT2D eigenvalue weighted by Crippen LogP contribution is -2.17. The summed E-state index contributed by atoms with van der Waals surface area (Å²) in [4.78, 5) is 10.4. The largest absolute Gasteiger partial charge is 0.573 e. The lowest BCUT2D eigenvalue weighted by atomic mass is 10.1. The van der Waals surface area contributed by atoms with Crippen molar-refractivity contribution in [1.29, 1.82) is 0 Å². The van der Waals surface area contributed by atoms with Gasteiger partial charge in [-0.2, -0.15) is 0 Å². The summed E-state index contributed by atoms with van der Waals surface area (Å²) in [6.45, 7) is 0. The highest BCUT2D eigenvalue weighted by atomic mass is 79.9. The van der Waals surface area contributed by atoms with Crippen molar-refractivity contribution >= 4 is 21.9 Å². The number of alkyl halides is 3. The molecule has 1 aromatic rings. The molecule has 0 spiro atoms. The monoisotopic (exact) mass is 298 g/mol. The zero-order valence-corrected chi connectivity index (χ0v) is 9.30. The standard InChI is InChI=1S/C9H6BrF3O3/c10-6-2-1-5(4-8(14)15)3-7(6)16-9(11,12)13/h1-3H,4H2,(H,14,15). The van der Waals surface area contributed by atoms with Crippen molar-refractivity contribution in [3.05, 3.63) is 28.2 Å². The van der Waals surface area contributed by atoms with Gasteiger partial charge in [0.25, 0.3) is 0 Å². The van der Waals surface area contributed by atoms with Crippen molar-refractivity contribution in [2.24, 2.45) is 0 Å². The highest BCUT2D eigenvalue weighted by Gasteiger charge is 2.32. The minimum absolute atomic E-state index is 0.110. The lowest BCUT2D eigenvalue weighted by molar-refractivity contribution is -0.274. The third-order valence-electron chi connectivity index (χ3n) is 1.58. The zero-order valence-electron chi connectivity index (χ0n) is 7.71. The van der Waals surface area contributed by atoms with Gasteiger partial charge in [0.15, 0.2) is 0 Å². The van der Waals surface area contributed by atoms with Gasteiger partial charge < -0.3 is 9.84 Å². The molecule has 1 aromatic carbocycles. The Kier molecular flexibility index (Phi) is 3.79. The van der Waals surface area contributed by atoms with E-state index in [1.54, 1.807) is 0 Å². The van der Waals surface area contributed by atoms with Crippen LogP contribution >= 0.6 is 15.9 Å². The van der Waals surface area contributed by atoms with Crippen LogP contribution in [0.1, 0.15) is 5.56 Å². The highest BCUT2D eigenvalue weighted by Crippen LogP contribution is 2.31.